The minimum absolute atomic E-state index is 0.294. The lowest BCUT2D eigenvalue weighted by Crippen LogP contribution is -1.90. The molecule has 0 unspecified atom stereocenters. The van der Waals surface area contributed by atoms with Gasteiger partial charge in [-0.3, -0.25) is 0 Å². The molecular formula is C17H11N3OS. The fourth-order valence-electron chi connectivity index (χ4n) is 1.87. The van der Waals surface area contributed by atoms with Gasteiger partial charge in [0, 0.05) is 17.3 Å². The third-order valence-corrected chi connectivity index (χ3v) is 3.73. The van der Waals surface area contributed by atoms with Gasteiger partial charge in [-0.1, -0.05) is 18.2 Å². The monoisotopic (exact) mass is 305 g/mol. The van der Waals surface area contributed by atoms with E-state index in [1.54, 1.807) is 18.5 Å². The topological polar surface area (TPSA) is 58.8 Å². The SMILES string of the molecule is N#CC(=Cc1cccc(Oc2ncccn2)c1)c1cccs1. The minimum Gasteiger partial charge on any atom is -0.424 e. The fourth-order valence-corrected chi connectivity index (χ4v) is 2.56. The van der Waals surface area contributed by atoms with Crippen molar-refractivity contribution in [2.75, 3.05) is 0 Å². The number of thiophene rings is 1. The Morgan fingerprint density at radius 2 is 2.00 bits per heavy atom. The Hall–Kier alpha value is -2.97. The summed E-state index contributed by atoms with van der Waals surface area (Å²) in [7, 11) is 0. The number of ether oxygens (including phenoxy) is 1. The van der Waals surface area contributed by atoms with Crippen molar-refractivity contribution in [2.45, 2.75) is 0 Å². The Kier molecular flexibility index (Phi) is 4.23. The van der Waals surface area contributed by atoms with E-state index >= 15 is 0 Å². The van der Waals surface area contributed by atoms with Gasteiger partial charge < -0.3 is 4.74 Å². The van der Waals surface area contributed by atoms with Crippen LogP contribution in [0.3, 0.4) is 0 Å². The van der Waals surface area contributed by atoms with E-state index in [1.807, 2.05) is 47.9 Å². The number of benzene rings is 1. The highest BCUT2D eigenvalue weighted by molar-refractivity contribution is 7.11. The van der Waals surface area contributed by atoms with Gasteiger partial charge in [0.1, 0.15) is 11.8 Å². The van der Waals surface area contributed by atoms with Crippen LogP contribution in [0.5, 0.6) is 11.8 Å². The molecule has 0 aliphatic rings. The highest BCUT2D eigenvalue weighted by Crippen LogP contribution is 2.24. The molecule has 0 bridgehead atoms. The van der Waals surface area contributed by atoms with Crippen molar-refractivity contribution in [3.8, 4) is 17.8 Å². The molecule has 106 valence electrons. The Morgan fingerprint density at radius 1 is 1.14 bits per heavy atom. The fraction of sp³-hybridized carbons (Fsp3) is 0. The third kappa shape index (κ3) is 3.37. The van der Waals surface area contributed by atoms with E-state index in [0.717, 1.165) is 10.4 Å². The van der Waals surface area contributed by atoms with E-state index in [4.69, 9.17) is 4.74 Å². The van der Waals surface area contributed by atoms with Gasteiger partial charge in [-0.2, -0.15) is 5.26 Å². The third-order valence-electron chi connectivity index (χ3n) is 2.83. The highest BCUT2D eigenvalue weighted by atomic mass is 32.1. The highest BCUT2D eigenvalue weighted by Gasteiger charge is 2.04. The van der Waals surface area contributed by atoms with Crippen LogP contribution in [0.2, 0.25) is 0 Å². The van der Waals surface area contributed by atoms with Crippen molar-refractivity contribution in [2.24, 2.45) is 0 Å². The second kappa shape index (κ2) is 6.66. The number of rotatable bonds is 4. The maximum Gasteiger partial charge on any atom is 0.321 e. The van der Waals surface area contributed by atoms with E-state index in [9.17, 15) is 5.26 Å². The normalized spacial score (nSPS) is 11.0. The Labute approximate surface area is 132 Å². The maximum absolute atomic E-state index is 9.30. The number of nitriles is 1. The number of hydrogen-bond acceptors (Lipinski definition) is 5. The van der Waals surface area contributed by atoms with Crippen LogP contribution in [-0.2, 0) is 0 Å². The molecule has 0 atom stereocenters. The molecule has 2 heterocycles. The zero-order valence-electron chi connectivity index (χ0n) is 11.5. The first-order valence-electron chi connectivity index (χ1n) is 6.56. The molecule has 0 fully saturated rings. The molecule has 0 spiro atoms. The molecule has 0 aliphatic carbocycles. The largest absolute Gasteiger partial charge is 0.424 e. The summed E-state index contributed by atoms with van der Waals surface area (Å²) in [4.78, 5) is 8.99. The molecule has 0 saturated heterocycles. The van der Waals surface area contributed by atoms with Crippen molar-refractivity contribution in [1.82, 2.24) is 9.97 Å². The van der Waals surface area contributed by atoms with Gasteiger partial charge in [0.25, 0.3) is 0 Å². The number of hydrogen-bond donors (Lipinski definition) is 0. The molecule has 0 amide bonds. The van der Waals surface area contributed by atoms with Gasteiger partial charge in [-0.05, 0) is 41.3 Å². The van der Waals surface area contributed by atoms with Gasteiger partial charge >= 0.3 is 6.01 Å². The zero-order chi connectivity index (χ0) is 15.2. The van der Waals surface area contributed by atoms with Gasteiger partial charge in [-0.15, -0.1) is 11.3 Å². The molecule has 2 aromatic heterocycles. The van der Waals surface area contributed by atoms with Gasteiger partial charge in [0.2, 0.25) is 0 Å². The summed E-state index contributed by atoms with van der Waals surface area (Å²) in [5.74, 6) is 0.628. The molecular weight excluding hydrogens is 294 g/mol. The first kappa shape index (κ1) is 14.0. The molecule has 4 nitrogen and oxygen atoms in total. The van der Waals surface area contributed by atoms with Crippen LogP contribution in [0.25, 0.3) is 11.6 Å². The quantitative estimate of drug-likeness (QED) is 0.670. The lowest BCUT2D eigenvalue weighted by Gasteiger charge is -2.04. The second-order valence-electron chi connectivity index (χ2n) is 4.35. The minimum atomic E-state index is 0.294. The summed E-state index contributed by atoms with van der Waals surface area (Å²) in [5, 5.41) is 11.3. The summed E-state index contributed by atoms with van der Waals surface area (Å²) < 4.78 is 5.59. The first-order valence-corrected chi connectivity index (χ1v) is 7.44. The van der Waals surface area contributed by atoms with E-state index in [1.165, 1.54) is 11.3 Å². The van der Waals surface area contributed by atoms with Crippen LogP contribution in [0.15, 0.2) is 60.2 Å². The number of aromatic nitrogens is 2. The molecule has 5 heteroatoms. The Balaban J connectivity index is 1.87. The Bertz CT molecular complexity index is 821. The van der Waals surface area contributed by atoms with E-state index in [-0.39, 0.29) is 0 Å². The van der Waals surface area contributed by atoms with Gasteiger partial charge in [0.15, 0.2) is 0 Å². The van der Waals surface area contributed by atoms with Crippen LogP contribution in [0.1, 0.15) is 10.4 Å². The summed E-state index contributed by atoms with van der Waals surface area (Å²) in [5.41, 5.74) is 1.52. The van der Waals surface area contributed by atoms with E-state index in [2.05, 4.69) is 16.0 Å². The lowest BCUT2D eigenvalue weighted by molar-refractivity contribution is 0.441. The van der Waals surface area contributed by atoms with Crippen LogP contribution in [0.4, 0.5) is 0 Å². The summed E-state index contributed by atoms with van der Waals surface area (Å²) >= 11 is 1.54. The smallest absolute Gasteiger partial charge is 0.321 e. The summed E-state index contributed by atoms with van der Waals surface area (Å²) in [6.45, 7) is 0. The molecule has 0 radical (unpaired) electrons. The molecule has 22 heavy (non-hydrogen) atoms. The summed E-state index contributed by atoms with van der Waals surface area (Å²) in [6, 6.07) is 15.6. The molecule has 0 saturated carbocycles. The number of allylic oxidation sites excluding steroid dienone is 1. The van der Waals surface area contributed by atoms with Crippen molar-refractivity contribution in [3.05, 3.63) is 70.7 Å². The Morgan fingerprint density at radius 3 is 2.73 bits per heavy atom. The van der Waals surface area contributed by atoms with Gasteiger partial charge in [0.05, 0.1) is 5.57 Å². The molecule has 3 aromatic rings. The molecule has 0 aliphatic heterocycles. The van der Waals surface area contributed by atoms with Crippen molar-refractivity contribution < 1.29 is 4.74 Å². The van der Waals surface area contributed by atoms with Crippen LogP contribution < -0.4 is 4.74 Å². The first-order chi connectivity index (χ1) is 10.8. The van der Waals surface area contributed by atoms with E-state index < -0.39 is 0 Å². The van der Waals surface area contributed by atoms with Crippen LogP contribution in [-0.4, -0.2) is 9.97 Å². The number of nitrogens with zero attached hydrogens (tertiary/aromatic N) is 3. The lowest BCUT2D eigenvalue weighted by atomic mass is 10.1. The zero-order valence-corrected chi connectivity index (χ0v) is 12.3. The molecule has 3 rings (SSSR count). The standard InChI is InChI=1S/C17H11N3OS/c18-12-14(16-6-2-9-22-16)10-13-4-1-5-15(11-13)21-17-19-7-3-8-20-17/h1-11H. The van der Waals surface area contributed by atoms with Crippen molar-refractivity contribution in [1.29, 1.82) is 5.26 Å². The molecule has 1 aromatic carbocycles. The van der Waals surface area contributed by atoms with Crippen molar-refractivity contribution >= 4 is 23.0 Å². The second-order valence-corrected chi connectivity index (χ2v) is 5.30. The predicted molar refractivity (Wildman–Crippen MR) is 86.4 cm³/mol. The molecule has 0 N–H and O–H groups in total. The van der Waals surface area contributed by atoms with Gasteiger partial charge in [-0.25, -0.2) is 9.97 Å². The predicted octanol–water partition coefficient (Wildman–Crippen LogP) is 4.39. The van der Waals surface area contributed by atoms with Crippen LogP contribution >= 0.6 is 11.3 Å². The van der Waals surface area contributed by atoms with Crippen LogP contribution in [0, 0.1) is 11.3 Å². The summed E-state index contributed by atoms with van der Waals surface area (Å²) in [6.07, 6.45) is 5.08. The van der Waals surface area contributed by atoms with E-state index in [0.29, 0.717) is 17.3 Å². The average molecular weight is 305 g/mol. The van der Waals surface area contributed by atoms with Crippen molar-refractivity contribution in [3.63, 3.8) is 0 Å². The average Bonchev–Trinajstić information content (AvgIpc) is 3.08. The maximum atomic E-state index is 9.30.